The molecule has 6 nitrogen and oxygen atoms in total. The van der Waals surface area contributed by atoms with Crippen molar-refractivity contribution < 1.29 is 28.6 Å². The first kappa shape index (κ1) is 76.0. The van der Waals surface area contributed by atoms with Crippen molar-refractivity contribution in [2.45, 2.75) is 284 Å². The molecule has 0 bridgehead atoms. The summed E-state index contributed by atoms with van der Waals surface area (Å²) < 4.78 is 16.9. The number of carbonyl (C=O) groups excluding carboxylic acids is 3. The largest absolute Gasteiger partial charge is 0.462 e. The second-order valence-electron chi connectivity index (χ2n) is 21.3. The fourth-order valence-electron chi connectivity index (χ4n) is 8.63. The summed E-state index contributed by atoms with van der Waals surface area (Å²) in [6.45, 7) is 6.35. The van der Waals surface area contributed by atoms with Crippen LogP contribution in [0.4, 0.5) is 0 Å². The van der Waals surface area contributed by atoms with Gasteiger partial charge in [-0.05, 0) is 141 Å². The van der Waals surface area contributed by atoms with Crippen LogP contribution >= 0.6 is 0 Å². The Bertz CT molecular complexity index is 1810. The number of hydrogen-bond acceptors (Lipinski definition) is 6. The maximum atomic E-state index is 12.9. The minimum atomic E-state index is -0.820. The van der Waals surface area contributed by atoms with Crippen molar-refractivity contribution in [1.29, 1.82) is 0 Å². The van der Waals surface area contributed by atoms with Gasteiger partial charge in [0.15, 0.2) is 6.10 Å². The van der Waals surface area contributed by atoms with Crippen LogP contribution in [0, 0.1) is 0 Å². The zero-order valence-electron chi connectivity index (χ0n) is 52.2. The van der Waals surface area contributed by atoms with Crippen LogP contribution in [-0.2, 0) is 28.6 Å². The van der Waals surface area contributed by atoms with Gasteiger partial charge in [0.2, 0.25) is 0 Å². The highest BCUT2D eigenvalue weighted by atomic mass is 16.6. The molecule has 0 saturated carbocycles. The van der Waals surface area contributed by atoms with Gasteiger partial charge in [-0.1, -0.05) is 275 Å². The Kier molecular flexibility index (Phi) is 63.4. The van der Waals surface area contributed by atoms with E-state index in [1.54, 1.807) is 0 Å². The first-order valence-electron chi connectivity index (χ1n) is 33.0. The van der Waals surface area contributed by atoms with Gasteiger partial charge >= 0.3 is 17.9 Å². The van der Waals surface area contributed by atoms with Crippen molar-refractivity contribution in [3.05, 3.63) is 158 Å². The van der Waals surface area contributed by atoms with Crippen molar-refractivity contribution in [3.63, 3.8) is 0 Å². The molecule has 0 aromatic heterocycles. The van der Waals surface area contributed by atoms with Crippen LogP contribution in [0.3, 0.4) is 0 Å². The molecule has 1 atom stereocenters. The van der Waals surface area contributed by atoms with Crippen LogP contribution in [0.5, 0.6) is 0 Å². The van der Waals surface area contributed by atoms with Crippen LogP contribution in [0.1, 0.15) is 278 Å². The highest BCUT2D eigenvalue weighted by Crippen LogP contribution is 2.15. The molecule has 0 rings (SSSR count). The number of esters is 3. The third-order valence-corrected chi connectivity index (χ3v) is 13.5. The molecule has 0 aliphatic heterocycles. The first-order valence-corrected chi connectivity index (χ1v) is 33.0. The standard InChI is InChI=1S/C75H120O6/c1-4-7-10-13-16-19-22-25-28-31-33-35-37-39-41-44-47-50-53-56-59-62-65-68-74(77)80-71-72(70-79-73(76)67-64-61-58-55-52-49-46-43-30-27-24-21-18-15-12-9-6-3)81-75(78)69-66-63-60-57-54-51-48-45-42-40-38-36-34-32-29-26-23-20-17-14-11-8-5-2/h7,9-10,12,16,18-19,21,23,25-28,30,32-35,38-41,47,50,56,59,72H,4-6,8,11,13-15,17,20,22,24,29,31,36-37,42-46,48-49,51-55,57-58,60-71H2,1-3H3/b10-7-,12-9-,19-16-,21-18-,26-23-,28-25-,30-27-,34-32-,35-33-,40-38-,41-39-,50-47-,59-56-. The van der Waals surface area contributed by atoms with Crippen molar-refractivity contribution in [1.82, 2.24) is 0 Å². The summed E-state index contributed by atoms with van der Waals surface area (Å²) >= 11 is 0. The van der Waals surface area contributed by atoms with Crippen LogP contribution < -0.4 is 0 Å². The lowest BCUT2D eigenvalue weighted by atomic mass is 10.1. The Balaban J connectivity index is 4.53. The average molecular weight is 1120 g/mol. The van der Waals surface area contributed by atoms with Gasteiger partial charge in [-0.15, -0.1) is 0 Å². The predicted molar refractivity (Wildman–Crippen MR) is 352 cm³/mol. The van der Waals surface area contributed by atoms with Crippen LogP contribution in [0.15, 0.2) is 158 Å². The SMILES string of the molecule is CC/C=C\C/C=C\C/C=C\C/C=C\C/C=C\C/C=C\C/C=C\CCCC(=O)OCC(COC(=O)CCCCCCCCC/C=C\C/C=C\C/C=C\CC)OC(=O)CCCCCCCCCC/C=C\C/C=C\C/C=C\CCCCCCC. The van der Waals surface area contributed by atoms with Crippen molar-refractivity contribution in [2.75, 3.05) is 13.2 Å². The lowest BCUT2D eigenvalue weighted by Gasteiger charge is -2.18. The molecule has 6 heteroatoms. The Morgan fingerprint density at radius 1 is 0.259 bits per heavy atom. The predicted octanol–water partition coefficient (Wildman–Crippen LogP) is 22.9. The molecule has 0 aromatic carbocycles. The Morgan fingerprint density at radius 2 is 0.494 bits per heavy atom. The molecule has 0 aromatic rings. The second-order valence-corrected chi connectivity index (χ2v) is 21.3. The summed E-state index contributed by atoms with van der Waals surface area (Å²) in [5, 5.41) is 0. The number of unbranched alkanes of at least 4 members (excludes halogenated alkanes) is 21. The van der Waals surface area contributed by atoms with E-state index in [2.05, 4.69) is 179 Å². The lowest BCUT2D eigenvalue weighted by molar-refractivity contribution is -0.167. The van der Waals surface area contributed by atoms with Gasteiger partial charge in [0, 0.05) is 19.3 Å². The maximum absolute atomic E-state index is 12.9. The molecule has 0 heterocycles. The van der Waals surface area contributed by atoms with Gasteiger partial charge in [0.05, 0.1) is 0 Å². The van der Waals surface area contributed by atoms with E-state index in [4.69, 9.17) is 14.2 Å². The molecule has 456 valence electrons. The zero-order chi connectivity index (χ0) is 58.5. The number of hydrogen-bond donors (Lipinski definition) is 0. The molecule has 0 saturated heterocycles. The summed E-state index contributed by atoms with van der Waals surface area (Å²) in [5.41, 5.74) is 0. The number of ether oxygens (including phenoxy) is 3. The van der Waals surface area contributed by atoms with E-state index >= 15 is 0 Å². The fourth-order valence-corrected chi connectivity index (χ4v) is 8.63. The molecule has 0 aliphatic rings. The van der Waals surface area contributed by atoms with Gasteiger partial charge in [0.25, 0.3) is 0 Å². The summed E-state index contributed by atoms with van der Waals surface area (Å²) in [7, 11) is 0. The Labute approximate surface area is 499 Å². The summed E-state index contributed by atoms with van der Waals surface area (Å²) in [4.78, 5) is 38.4. The zero-order valence-corrected chi connectivity index (χ0v) is 52.2. The number of allylic oxidation sites excluding steroid dienone is 26. The third-order valence-electron chi connectivity index (χ3n) is 13.5. The lowest BCUT2D eigenvalue weighted by Crippen LogP contribution is -2.30. The summed E-state index contributed by atoms with van der Waals surface area (Å²) in [6.07, 6.45) is 98.2. The molecular weight excluding hydrogens is 997 g/mol. The van der Waals surface area contributed by atoms with Gasteiger partial charge in [-0.3, -0.25) is 14.4 Å². The van der Waals surface area contributed by atoms with E-state index in [9.17, 15) is 14.4 Å². The summed E-state index contributed by atoms with van der Waals surface area (Å²) in [6, 6.07) is 0. The van der Waals surface area contributed by atoms with E-state index < -0.39 is 6.10 Å². The van der Waals surface area contributed by atoms with Crippen LogP contribution in [0.25, 0.3) is 0 Å². The van der Waals surface area contributed by atoms with Gasteiger partial charge in [-0.2, -0.15) is 0 Å². The fraction of sp³-hybridized carbons (Fsp3) is 0.613. The highest BCUT2D eigenvalue weighted by molar-refractivity contribution is 5.71. The minimum absolute atomic E-state index is 0.111. The first-order chi connectivity index (χ1) is 40.0. The summed E-state index contributed by atoms with van der Waals surface area (Å²) in [5.74, 6) is -0.990. The number of rotatable bonds is 58. The monoisotopic (exact) mass is 1120 g/mol. The third kappa shape index (κ3) is 65.7. The van der Waals surface area contributed by atoms with Crippen molar-refractivity contribution in [2.24, 2.45) is 0 Å². The smallest absolute Gasteiger partial charge is 0.306 e. The van der Waals surface area contributed by atoms with E-state index in [0.29, 0.717) is 19.3 Å². The van der Waals surface area contributed by atoms with Crippen molar-refractivity contribution >= 4 is 17.9 Å². The molecule has 1 unspecified atom stereocenters. The number of carbonyl (C=O) groups is 3. The van der Waals surface area contributed by atoms with Gasteiger partial charge < -0.3 is 14.2 Å². The topological polar surface area (TPSA) is 78.9 Å². The molecule has 0 N–H and O–H groups in total. The van der Waals surface area contributed by atoms with Gasteiger partial charge in [0.1, 0.15) is 13.2 Å². The van der Waals surface area contributed by atoms with Gasteiger partial charge in [-0.25, -0.2) is 0 Å². The van der Waals surface area contributed by atoms with E-state index in [1.807, 2.05) is 0 Å². The normalized spacial score (nSPS) is 13.2. The molecular formula is C75H120O6. The quantitative estimate of drug-likeness (QED) is 0.0261. The molecule has 0 spiro atoms. The van der Waals surface area contributed by atoms with E-state index in [1.165, 1.54) is 96.3 Å². The molecule has 0 amide bonds. The maximum Gasteiger partial charge on any atom is 0.306 e. The Morgan fingerprint density at radius 3 is 0.802 bits per heavy atom. The minimum Gasteiger partial charge on any atom is -0.462 e. The highest BCUT2D eigenvalue weighted by Gasteiger charge is 2.19. The molecule has 81 heavy (non-hydrogen) atoms. The van der Waals surface area contributed by atoms with Crippen LogP contribution in [-0.4, -0.2) is 37.2 Å². The van der Waals surface area contributed by atoms with E-state index in [-0.39, 0.29) is 37.5 Å². The van der Waals surface area contributed by atoms with E-state index in [0.717, 1.165) is 135 Å². The molecule has 0 aliphatic carbocycles. The van der Waals surface area contributed by atoms with Crippen LogP contribution in [0.2, 0.25) is 0 Å². The molecule has 0 radical (unpaired) electrons. The second kappa shape index (κ2) is 67.5. The van der Waals surface area contributed by atoms with Crippen molar-refractivity contribution in [3.8, 4) is 0 Å². The average Bonchev–Trinajstić information content (AvgIpc) is 3.47. The Hall–Kier alpha value is -4.97. The molecule has 0 fully saturated rings.